The van der Waals surface area contributed by atoms with Crippen LogP contribution in [-0.4, -0.2) is 129 Å². The smallest absolute Gasteiger partial charge is 0.330 e. The molecule has 2 aromatic rings. The number of aromatic nitrogens is 2. The molecule has 0 unspecified atom stereocenters. The second-order valence-corrected chi connectivity index (χ2v) is 22.8. The van der Waals surface area contributed by atoms with Gasteiger partial charge in [0.2, 0.25) is 35.4 Å². The number of rotatable bonds is 21. The van der Waals surface area contributed by atoms with Crippen molar-refractivity contribution in [3.8, 4) is 11.4 Å². The fourth-order valence-corrected chi connectivity index (χ4v) is 9.07. The molecule has 2 heterocycles. The summed E-state index contributed by atoms with van der Waals surface area (Å²) in [7, 11) is 2.42. The topological polar surface area (TPSA) is 311 Å². The first-order valence-electron chi connectivity index (χ1n) is 25.9. The average molecular weight is 1060 g/mol. The van der Waals surface area contributed by atoms with E-state index in [1.54, 1.807) is 39.8 Å². The molecule has 8 amide bonds. The Balaban J connectivity index is 1.40. The van der Waals surface area contributed by atoms with Crippen LogP contribution in [0.2, 0.25) is 0 Å². The van der Waals surface area contributed by atoms with Crippen LogP contribution in [0.25, 0.3) is 11.4 Å². The lowest BCUT2D eigenvalue weighted by Gasteiger charge is -2.40. The van der Waals surface area contributed by atoms with E-state index in [0.717, 1.165) is 12.8 Å². The van der Waals surface area contributed by atoms with Gasteiger partial charge in [0, 0.05) is 12.4 Å². The summed E-state index contributed by atoms with van der Waals surface area (Å²) in [5.74, 6) is -6.92. The van der Waals surface area contributed by atoms with Gasteiger partial charge in [-0.2, -0.15) is 0 Å². The molecule has 418 valence electrons. The van der Waals surface area contributed by atoms with Crippen molar-refractivity contribution in [1.29, 1.82) is 0 Å². The second kappa shape index (κ2) is 24.8. The van der Waals surface area contributed by atoms with Crippen LogP contribution in [0.3, 0.4) is 0 Å². The van der Waals surface area contributed by atoms with Crippen molar-refractivity contribution in [2.75, 3.05) is 14.2 Å². The molecule has 2 aromatic heterocycles. The van der Waals surface area contributed by atoms with Crippen LogP contribution in [0.1, 0.15) is 168 Å². The van der Waals surface area contributed by atoms with Crippen molar-refractivity contribution in [2.24, 2.45) is 11.8 Å². The number of pyridine rings is 2. The Morgan fingerprint density at radius 2 is 0.789 bits per heavy atom. The Labute approximate surface area is 445 Å². The molecule has 8 N–H and O–H groups in total. The number of carbonyl (C=O) groups is 10. The Kier molecular flexibility index (Phi) is 20.1. The molecule has 2 aliphatic carbocycles. The minimum Gasteiger partial charge on any atom is -0.467 e. The molecule has 2 aliphatic rings. The third-order valence-corrected chi connectivity index (χ3v) is 14.0. The minimum atomic E-state index is -1.53. The van der Waals surface area contributed by atoms with Crippen LogP contribution in [0, 0.1) is 11.8 Å². The summed E-state index contributed by atoms with van der Waals surface area (Å²) >= 11 is 0. The summed E-state index contributed by atoms with van der Waals surface area (Å²) in [5, 5.41) is 22.2. The molecule has 0 bridgehead atoms. The van der Waals surface area contributed by atoms with Gasteiger partial charge in [-0.25, -0.2) is 9.59 Å². The number of hydrogen-bond donors (Lipinski definition) is 8. The SMILES string of the molecule is COC(=O)C(C)(C)NC(=O)[C@@H](NC(=O)C1(NC(=O)C(C)(C)NC(=O)c2ccc(-c3ccc(C(=O)NC(C)(C)C(=O)NC4(C(=O)N[C@H](C(=O)NC(C)(C)C(=O)OC)C(C)C)CCCCC4)cn3)nc2)CCCCC1)C(C)C. The van der Waals surface area contributed by atoms with E-state index in [1.165, 1.54) is 94.1 Å². The van der Waals surface area contributed by atoms with Crippen molar-refractivity contribution in [2.45, 2.75) is 193 Å². The zero-order chi connectivity index (χ0) is 57.2. The molecule has 0 aromatic carbocycles. The first-order chi connectivity index (χ1) is 35.3. The maximum absolute atomic E-state index is 14.1. The first kappa shape index (κ1) is 61.5. The summed E-state index contributed by atoms with van der Waals surface area (Å²) < 4.78 is 9.62. The third kappa shape index (κ3) is 15.1. The highest BCUT2D eigenvalue weighted by Gasteiger charge is 2.48. The molecule has 22 nitrogen and oxygen atoms in total. The highest BCUT2D eigenvalue weighted by Crippen LogP contribution is 2.32. The van der Waals surface area contributed by atoms with Crippen LogP contribution in [0.5, 0.6) is 0 Å². The number of ether oxygens (including phenoxy) is 2. The summed E-state index contributed by atoms with van der Waals surface area (Å²) in [4.78, 5) is 144. The summed E-state index contributed by atoms with van der Waals surface area (Å²) in [6.45, 7) is 19.0. The number of nitrogens with one attached hydrogen (secondary N) is 8. The van der Waals surface area contributed by atoms with E-state index in [-0.39, 0.29) is 23.0 Å². The van der Waals surface area contributed by atoms with E-state index >= 15 is 0 Å². The Hall–Kier alpha value is -7.00. The molecule has 0 radical (unpaired) electrons. The van der Waals surface area contributed by atoms with E-state index in [1.807, 2.05) is 0 Å². The fraction of sp³-hybridized carbons (Fsp3) is 0.630. The minimum absolute atomic E-state index is 0.115. The molecule has 2 atom stereocenters. The number of carbonyl (C=O) groups excluding carboxylic acids is 10. The standard InChI is InChI=1S/C54H80N10O12/c1-31(2)37(41(67)61-51(9,10)47(73)75-13)57-45(71)53(25-17-15-18-26-53)63-43(69)49(5,6)59-39(65)33-21-23-35(55-29-33)36-24-22-34(30-56-36)40(66)60-50(7,8)44(70)64-54(27-19-16-20-28-54)46(72)58-38(32(3)4)42(68)62-52(11,12)48(74)76-14/h21-24,29-32,37-38H,15-20,25-28H2,1-14H3,(H,57,71)(H,58,72)(H,59,65)(H,60,66)(H,61,67)(H,62,68)(H,63,69)(H,64,70)/t37-,38-/m0/s1. The lowest BCUT2D eigenvalue weighted by atomic mass is 9.79. The first-order valence-corrected chi connectivity index (χ1v) is 25.9. The summed E-state index contributed by atoms with van der Waals surface area (Å²) in [6.07, 6.45) is 7.98. The predicted octanol–water partition coefficient (Wildman–Crippen LogP) is 3.22. The van der Waals surface area contributed by atoms with E-state index in [2.05, 4.69) is 52.5 Å². The molecule has 76 heavy (non-hydrogen) atoms. The van der Waals surface area contributed by atoms with Crippen molar-refractivity contribution < 1.29 is 57.4 Å². The second-order valence-electron chi connectivity index (χ2n) is 22.8. The number of amides is 8. The van der Waals surface area contributed by atoms with Crippen LogP contribution < -0.4 is 42.5 Å². The highest BCUT2D eigenvalue weighted by atomic mass is 16.5. The van der Waals surface area contributed by atoms with Gasteiger partial charge in [0.05, 0.1) is 36.7 Å². The van der Waals surface area contributed by atoms with E-state index in [9.17, 15) is 47.9 Å². The van der Waals surface area contributed by atoms with E-state index in [0.29, 0.717) is 62.8 Å². The van der Waals surface area contributed by atoms with Gasteiger partial charge in [-0.3, -0.25) is 48.3 Å². The Morgan fingerprint density at radius 3 is 1.05 bits per heavy atom. The molecular formula is C54H80N10O12. The fourth-order valence-electron chi connectivity index (χ4n) is 9.07. The highest BCUT2D eigenvalue weighted by molar-refractivity contribution is 6.03. The molecule has 0 spiro atoms. The molecule has 0 aliphatic heterocycles. The predicted molar refractivity (Wildman–Crippen MR) is 280 cm³/mol. The Bertz CT molecular complexity index is 2320. The van der Waals surface area contributed by atoms with Gasteiger partial charge in [0.25, 0.3) is 11.8 Å². The average Bonchev–Trinajstić information content (AvgIpc) is 3.36. The van der Waals surface area contributed by atoms with Crippen molar-refractivity contribution in [3.63, 3.8) is 0 Å². The van der Waals surface area contributed by atoms with Gasteiger partial charge in [-0.15, -0.1) is 0 Å². The van der Waals surface area contributed by atoms with E-state index < -0.39 is 105 Å². The third-order valence-electron chi connectivity index (χ3n) is 14.0. The number of nitrogens with zero attached hydrogens (tertiary/aromatic N) is 2. The normalized spacial score (nSPS) is 16.4. The monoisotopic (exact) mass is 1060 g/mol. The molecule has 2 saturated carbocycles. The van der Waals surface area contributed by atoms with Gasteiger partial charge in [0.1, 0.15) is 45.3 Å². The lowest BCUT2D eigenvalue weighted by molar-refractivity contribution is -0.150. The number of esters is 2. The van der Waals surface area contributed by atoms with Crippen LogP contribution in [0.4, 0.5) is 0 Å². The summed E-state index contributed by atoms with van der Waals surface area (Å²) in [6, 6.07) is 3.98. The largest absolute Gasteiger partial charge is 0.467 e. The van der Waals surface area contributed by atoms with Crippen LogP contribution >= 0.6 is 0 Å². The molecule has 22 heteroatoms. The van der Waals surface area contributed by atoms with Gasteiger partial charge in [0.15, 0.2) is 0 Å². The zero-order valence-corrected chi connectivity index (χ0v) is 46.6. The van der Waals surface area contributed by atoms with Crippen molar-refractivity contribution in [3.05, 3.63) is 47.8 Å². The molecular weight excluding hydrogens is 981 g/mol. The number of hydrogen-bond acceptors (Lipinski definition) is 14. The molecule has 0 saturated heterocycles. The lowest BCUT2D eigenvalue weighted by Crippen LogP contribution is -2.67. The van der Waals surface area contributed by atoms with Crippen LogP contribution in [-0.2, 0) is 47.8 Å². The van der Waals surface area contributed by atoms with Gasteiger partial charge in [-0.1, -0.05) is 66.2 Å². The molecule has 2 fully saturated rings. The number of methoxy groups -OCH3 is 2. The summed E-state index contributed by atoms with van der Waals surface area (Å²) in [5.41, 5.74) is -7.61. The van der Waals surface area contributed by atoms with E-state index in [4.69, 9.17) is 9.47 Å². The van der Waals surface area contributed by atoms with Crippen molar-refractivity contribution in [1.82, 2.24) is 52.5 Å². The zero-order valence-electron chi connectivity index (χ0n) is 46.6. The maximum Gasteiger partial charge on any atom is 0.330 e. The van der Waals surface area contributed by atoms with Crippen LogP contribution in [0.15, 0.2) is 36.7 Å². The quantitative estimate of drug-likeness (QED) is 0.0834. The Morgan fingerprint density at radius 1 is 0.474 bits per heavy atom. The van der Waals surface area contributed by atoms with Crippen molar-refractivity contribution >= 4 is 59.2 Å². The van der Waals surface area contributed by atoms with Gasteiger partial charge >= 0.3 is 11.9 Å². The van der Waals surface area contributed by atoms with Gasteiger partial charge < -0.3 is 52.0 Å². The van der Waals surface area contributed by atoms with Gasteiger partial charge in [-0.05, 0) is 117 Å². The maximum atomic E-state index is 14.1. The molecule has 4 rings (SSSR count).